The Morgan fingerprint density at radius 2 is 0.981 bits per heavy atom. The lowest BCUT2D eigenvalue weighted by Crippen LogP contribution is -2.72. The normalized spacial score (nSPS) is 21.8. The number of alkyl halides is 4. The first-order valence-electron chi connectivity index (χ1n) is 36.6. The summed E-state index contributed by atoms with van der Waals surface area (Å²) in [5, 5.41) is 60.7. The minimum Gasteiger partial charge on any atom is -0.507 e. The summed E-state index contributed by atoms with van der Waals surface area (Å²) in [4.78, 5) is 79.0. The highest BCUT2D eigenvalue weighted by atomic mass is 19.4. The summed E-state index contributed by atoms with van der Waals surface area (Å²) in [7, 11) is 0. The lowest BCUT2D eigenvalue weighted by Gasteiger charge is -2.54. The molecule has 26 nitrogen and oxygen atoms in total. The molecule has 30 heteroatoms. The second-order valence-corrected chi connectivity index (χ2v) is 29.5. The van der Waals surface area contributed by atoms with Crippen LogP contribution in [-0.4, -0.2) is 154 Å². The van der Waals surface area contributed by atoms with E-state index in [1.54, 1.807) is 33.5 Å². The highest BCUT2D eigenvalue weighted by Crippen LogP contribution is 2.47. The standard InChI is InChI=1S/C28H29FN6O2.C28H30N6O3.C22H29F3N6O3/c29-24-18-34(16-19-6-8-21(9-7-19)20-4-2-1-3-5-20)15-13-28(24,12-14-30)35-17-23(25(31)36)26(33-35)32-27(37)22-10-11-22;29-13-10-28(34-18-23(25(30)36)26(32-34)31-27(37)21-7-8-21)11-14-33(15-12-28)17-19-6-9-22(24(35)16-19)20-4-2-1-3-5-20;1-2-34-21(22(23,24)25)12-30(13-21)15-5-7-20(8-6-15,9-10-26)31-11-16(17(27)32)18(29-31)28-19(33)14-3-4-14/h1-9,17,22,24H,10-13,15-16,18H2,(H2,31,36)(H,32,33,37);1-6,9,16,18,21,35H,7-8,10-12,14-15,17H2,(H2,30,36)(H,31,32,37);11,14-15H,2-9,12-13H2,1H3,(H2,27,32)(H,28,29,33)/t24-,28-;;/m0../s1. The van der Waals surface area contributed by atoms with Crippen LogP contribution in [0.25, 0.3) is 22.3 Å². The topological polar surface area (TPSA) is 381 Å². The number of aromatic nitrogens is 6. The van der Waals surface area contributed by atoms with Gasteiger partial charge in [0.05, 0.1) is 48.5 Å². The number of primary amides is 3. The smallest absolute Gasteiger partial charge is 0.419 e. The highest BCUT2D eigenvalue weighted by Gasteiger charge is 2.64. The first-order valence-corrected chi connectivity index (χ1v) is 36.6. The predicted octanol–water partition coefficient (Wildman–Crippen LogP) is 9.99. The van der Waals surface area contributed by atoms with Gasteiger partial charge >= 0.3 is 6.18 Å². The van der Waals surface area contributed by atoms with Gasteiger partial charge in [0.15, 0.2) is 23.1 Å². The summed E-state index contributed by atoms with van der Waals surface area (Å²) in [6.45, 7) is 4.44. The number of aromatic hydroxyl groups is 1. The Morgan fingerprint density at radius 3 is 1.42 bits per heavy atom. The molecule has 0 spiro atoms. The first-order chi connectivity index (χ1) is 51.8. The molecule has 0 unspecified atom stereocenters. The number of nitriles is 3. The summed E-state index contributed by atoms with van der Waals surface area (Å²) >= 11 is 0. The molecule has 14 rings (SSSR count). The minimum absolute atomic E-state index is 0.00951. The quantitative estimate of drug-likeness (QED) is 0.0277. The molecule has 7 fully saturated rings. The predicted molar refractivity (Wildman–Crippen MR) is 390 cm³/mol. The number of anilines is 3. The van der Waals surface area contributed by atoms with E-state index in [0.29, 0.717) is 77.7 Å². The number of hydrogen-bond acceptors (Lipinski definition) is 17. The number of rotatable bonds is 24. The van der Waals surface area contributed by atoms with Gasteiger partial charge in [0.25, 0.3) is 17.7 Å². The molecule has 10 N–H and O–H groups in total. The number of hydrogen-bond donors (Lipinski definition) is 7. The van der Waals surface area contributed by atoms with E-state index in [2.05, 4.69) is 78.6 Å². The van der Waals surface area contributed by atoms with Crippen LogP contribution in [0.1, 0.15) is 152 Å². The molecule has 0 bridgehead atoms. The molecular weight excluding hydrogens is 1390 g/mol. The largest absolute Gasteiger partial charge is 0.507 e. The van der Waals surface area contributed by atoms with E-state index in [9.17, 15) is 62.8 Å². The second kappa shape index (κ2) is 32.3. The summed E-state index contributed by atoms with van der Waals surface area (Å²) in [6, 6.07) is 40.4. The number of phenols is 1. The maximum absolute atomic E-state index is 15.9. The number of ether oxygens (including phenoxy) is 1. The molecule has 0 radical (unpaired) electrons. The molecule has 7 aliphatic rings. The van der Waals surface area contributed by atoms with E-state index in [1.807, 2.05) is 77.7 Å². The third-order valence-electron chi connectivity index (χ3n) is 22.1. The minimum atomic E-state index is -4.43. The number of carbonyl (C=O) groups is 6. The van der Waals surface area contributed by atoms with E-state index in [0.717, 1.165) is 71.9 Å². The average molecular weight is 1480 g/mol. The Bertz CT molecular complexity index is 4570. The fraction of sp³-hybridized carbons (Fsp3) is 0.462. The lowest BCUT2D eigenvalue weighted by molar-refractivity contribution is -0.322. The molecule has 6 amide bonds. The van der Waals surface area contributed by atoms with E-state index < -0.39 is 52.3 Å². The summed E-state index contributed by atoms with van der Waals surface area (Å²) < 4.78 is 66.1. The molecular formula is C78H88F4N18O8. The molecule has 7 aromatic rings. The van der Waals surface area contributed by atoms with Crippen molar-refractivity contribution in [3.63, 3.8) is 0 Å². The van der Waals surface area contributed by atoms with Crippen LogP contribution in [-0.2, 0) is 48.8 Å². The van der Waals surface area contributed by atoms with Gasteiger partial charge in [-0.15, -0.1) is 0 Å². The van der Waals surface area contributed by atoms with E-state index >= 15 is 4.39 Å². The average Bonchev–Trinajstić information content (AvgIpc) is 1.69. The van der Waals surface area contributed by atoms with Gasteiger partial charge in [-0.3, -0.25) is 57.5 Å². The molecule has 3 aliphatic heterocycles. The van der Waals surface area contributed by atoms with Gasteiger partial charge in [-0.2, -0.15) is 44.3 Å². The Labute approximate surface area is 622 Å². The number of amides is 6. The van der Waals surface area contributed by atoms with Crippen LogP contribution in [0.4, 0.5) is 35.0 Å². The molecule has 4 saturated carbocycles. The van der Waals surface area contributed by atoms with Crippen molar-refractivity contribution in [1.82, 2.24) is 44.0 Å². The Kier molecular flexibility index (Phi) is 23.0. The van der Waals surface area contributed by atoms with Crippen molar-refractivity contribution in [3.8, 4) is 46.2 Å². The summed E-state index contributed by atoms with van der Waals surface area (Å²) in [5.74, 6) is -2.48. The van der Waals surface area contributed by atoms with E-state index in [-0.39, 0.29) is 127 Å². The number of halogens is 4. The van der Waals surface area contributed by atoms with Crippen molar-refractivity contribution in [3.05, 3.63) is 150 Å². The summed E-state index contributed by atoms with van der Waals surface area (Å²) in [6.07, 6.45) is 7.30. The Balaban J connectivity index is 0.000000151. The second-order valence-electron chi connectivity index (χ2n) is 29.5. The number of nitrogens with zero attached hydrogens (tertiary/aromatic N) is 12. The molecule has 6 heterocycles. The number of nitrogens with one attached hydrogen (secondary N) is 3. The van der Waals surface area contributed by atoms with Crippen LogP contribution in [0.2, 0.25) is 0 Å². The maximum atomic E-state index is 15.9. The van der Waals surface area contributed by atoms with Crippen molar-refractivity contribution in [1.29, 1.82) is 15.8 Å². The van der Waals surface area contributed by atoms with Gasteiger partial charge in [-0.1, -0.05) is 97.1 Å². The molecule has 3 saturated heterocycles. The summed E-state index contributed by atoms with van der Waals surface area (Å²) in [5.41, 5.74) is 18.2. The van der Waals surface area contributed by atoms with Crippen LogP contribution in [0.5, 0.6) is 5.75 Å². The van der Waals surface area contributed by atoms with Crippen LogP contribution in [0.15, 0.2) is 122 Å². The van der Waals surface area contributed by atoms with Crippen LogP contribution < -0.4 is 33.2 Å². The maximum Gasteiger partial charge on any atom is 0.419 e. The van der Waals surface area contributed by atoms with Crippen LogP contribution >= 0.6 is 0 Å². The molecule has 4 aliphatic carbocycles. The SMILES string of the molecule is CCOC1(C(F)(F)F)CN(C2CCC(CC#N)(n3cc(C(N)=O)c(NC(=O)C4CC4)n3)CC2)C1.N#CCC1(n2cc(C(N)=O)c(NC(=O)C3CC3)n2)CCN(Cc2ccc(-c3ccccc3)c(O)c2)CC1.N#CC[C@]1(n2cc(C(N)=O)c(NC(=O)C3CC3)n2)CCN(Cc2ccc(-c3ccccc3)cc2)C[C@@H]1F. The third-order valence-corrected chi connectivity index (χ3v) is 22.1. The zero-order valence-electron chi connectivity index (χ0n) is 60.0. The van der Waals surface area contributed by atoms with Gasteiger partial charge in [0.1, 0.15) is 34.2 Å². The number of piperidine rings is 2. The van der Waals surface area contributed by atoms with Crippen molar-refractivity contribution in [2.75, 3.05) is 61.8 Å². The van der Waals surface area contributed by atoms with Crippen LogP contribution in [0.3, 0.4) is 0 Å². The third kappa shape index (κ3) is 17.1. The van der Waals surface area contributed by atoms with Crippen molar-refractivity contribution >= 4 is 52.9 Å². The fourth-order valence-electron chi connectivity index (χ4n) is 15.0. The van der Waals surface area contributed by atoms with Gasteiger partial charge in [-0.05, 0) is 124 Å². The molecule has 108 heavy (non-hydrogen) atoms. The number of carbonyl (C=O) groups excluding carboxylic acids is 6. The Morgan fingerprint density at radius 1 is 0.556 bits per heavy atom. The van der Waals surface area contributed by atoms with Gasteiger partial charge in [0, 0.05) is 107 Å². The highest BCUT2D eigenvalue weighted by molar-refractivity contribution is 6.04. The van der Waals surface area contributed by atoms with Gasteiger partial charge in [0.2, 0.25) is 17.7 Å². The number of nitrogens with two attached hydrogens (primary N) is 3. The zero-order valence-corrected chi connectivity index (χ0v) is 60.0. The van der Waals surface area contributed by atoms with Crippen molar-refractivity contribution in [2.24, 2.45) is 35.0 Å². The number of likely N-dealkylation sites (tertiary alicyclic amines) is 3. The first kappa shape index (κ1) is 76.8. The van der Waals surface area contributed by atoms with Gasteiger partial charge < -0.3 is 43.0 Å². The molecule has 3 aromatic heterocycles. The number of phenolic OH excluding ortho intramolecular Hbond substituents is 1. The fourth-order valence-corrected chi connectivity index (χ4v) is 15.0. The van der Waals surface area contributed by atoms with E-state index in [4.69, 9.17) is 21.9 Å². The van der Waals surface area contributed by atoms with Gasteiger partial charge in [-0.25, -0.2) is 4.39 Å². The lowest BCUT2D eigenvalue weighted by atomic mass is 9.75. The number of benzene rings is 4. The molecule has 566 valence electrons. The van der Waals surface area contributed by atoms with E-state index in [1.165, 1.54) is 17.1 Å². The Hall–Kier alpha value is -10.8. The van der Waals surface area contributed by atoms with Crippen molar-refractivity contribution < 1.29 is 56.2 Å². The molecule has 4 aromatic carbocycles. The van der Waals surface area contributed by atoms with Crippen molar-refractivity contribution in [2.45, 2.75) is 163 Å². The van der Waals surface area contributed by atoms with Crippen LogP contribution in [0, 0.1) is 51.7 Å². The monoisotopic (exact) mass is 1480 g/mol. The molecule has 2 atom stereocenters. The zero-order chi connectivity index (χ0) is 76.7.